The second-order valence-corrected chi connectivity index (χ2v) is 7.35. The van der Waals surface area contributed by atoms with E-state index in [-0.39, 0.29) is 11.5 Å². The monoisotopic (exact) mass is 321 g/mol. The Bertz CT molecular complexity index is 752. The fourth-order valence-corrected chi connectivity index (χ4v) is 4.03. The third kappa shape index (κ3) is 3.62. The maximum Gasteiger partial charge on any atom is 0.313 e. The van der Waals surface area contributed by atoms with Crippen LogP contribution in [0, 0.1) is 11.3 Å². The Kier molecular flexibility index (Phi) is 4.47. The van der Waals surface area contributed by atoms with Crippen LogP contribution in [-0.2, 0) is 19.4 Å². The van der Waals surface area contributed by atoms with Gasteiger partial charge >= 0.3 is 11.8 Å². The topological polar surface area (TPSA) is 107 Å². The van der Waals surface area contributed by atoms with Gasteiger partial charge in [-0.05, 0) is 24.6 Å². The van der Waals surface area contributed by atoms with E-state index in [4.69, 9.17) is 5.26 Å². The van der Waals surface area contributed by atoms with Crippen LogP contribution in [0.1, 0.15) is 12.0 Å². The third-order valence-electron chi connectivity index (χ3n) is 3.52. The number of amides is 2. The van der Waals surface area contributed by atoms with E-state index in [0.717, 1.165) is 4.90 Å². The van der Waals surface area contributed by atoms with Crippen molar-refractivity contribution in [1.82, 2.24) is 4.90 Å². The summed E-state index contributed by atoms with van der Waals surface area (Å²) in [7, 11) is -1.71. The number of likely N-dealkylation sites (N-methyl/N-ethyl adjacent to an activating group) is 1. The summed E-state index contributed by atoms with van der Waals surface area (Å²) in [5.74, 6) is -1.75. The highest BCUT2D eigenvalue weighted by Crippen LogP contribution is 2.17. The summed E-state index contributed by atoms with van der Waals surface area (Å²) in [6, 6.07) is 7.63. The lowest BCUT2D eigenvalue weighted by molar-refractivity contribution is -0.143. The molecule has 1 heterocycles. The average Bonchev–Trinajstić information content (AvgIpc) is 2.86. The standard InChI is InChI=1S/C14H15N3O4S/c1-17(12-5-6-22(20,21)9-12)14(19)13(18)16-11-4-2-3-10(7-11)8-15/h2-4,7,12H,5-6,9H2,1H3,(H,16,18). The molecule has 0 radical (unpaired) electrons. The van der Waals surface area contributed by atoms with Gasteiger partial charge in [0.05, 0.1) is 23.1 Å². The number of hydrogen-bond donors (Lipinski definition) is 1. The molecule has 7 nitrogen and oxygen atoms in total. The van der Waals surface area contributed by atoms with Crippen molar-refractivity contribution in [1.29, 1.82) is 5.26 Å². The summed E-state index contributed by atoms with van der Waals surface area (Å²) < 4.78 is 22.9. The van der Waals surface area contributed by atoms with Gasteiger partial charge in [-0.15, -0.1) is 0 Å². The highest BCUT2D eigenvalue weighted by molar-refractivity contribution is 7.91. The van der Waals surface area contributed by atoms with Crippen LogP contribution in [0.15, 0.2) is 24.3 Å². The quantitative estimate of drug-likeness (QED) is 0.780. The first-order valence-electron chi connectivity index (χ1n) is 6.61. The lowest BCUT2D eigenvalue weighted by atomic mass is 10.2. The third-order valence-corrected chi connectivity index (χ3v) is 5.27. The lowest BCUT2D eigenvalue weighted by Gasteiger charge is -2.22. The van der Waals surface area contributed by atoms with Crippen LogP contribution in [-0.4, -0.2) is 49.7 Å². The molecule has 1 saturated heterocycles. The van der Waals surface area contributed by atoms with Gasteiger partial charge in [0.1, 0.15) is 0 Å². The molecule has 0 bridgehead atoms. The molecule has 0 aliphatic carbocycles. The number of sulfone groups is 1. The molecule has 116 valence electrons. The van der Waals surface area contributed by atoms with E-state index in [1.807, 2.05) is 6.07 Å². The van der Waals surface area contributed by atoms with E-state index in [9.17, 15) is 18.0 Å². The summed E-state index contributed by atoms with van der Waals surface area (Å²) in [4.78, 5) is 25.2. The van der Waals surface area contributed by atoms with Gasteiger partial charge in [0.25, 0.3) is 0 Å². The summed E-state index contributed by atoms with van der Waals surface area (Å²) >= 11 is 0. The molecule has 0 aromatic heterocycles. The molecule has 1 unspecified atom stereocenters. The van der Waals surface area contributed by atoms with E-state index in [1.54, 1.807) is 18.2 Å². The van der Waals surface area contributed by atoms with Gasteiger partial charge in [-0.2, -0.15) is 5.26 Å². The van der Waals surface area contributed by atoms with Crippen molar-refractivity contribution < 1.29 is 18.0 Å². The van der Waals surface area contributed by atoms with E-state index in [2.05, 4.69) is 5.32 Å². The first-order valence-corrected chi connectivity index (χ1v) is 8.43. The normalized spacial score (nSPS) is 19.2. The van der Waals surface area contributed by atoms with Crippen molar-refractivity contribution in [3.8, 4) is 6.07 Å². The van der Waals surface area contributed by atoms with Gasteiger partial charge in [0.2, 0.25) is 0 Å². The van der Waals surface area contributed by atoms with Gasteiger partial charge in [-0.3, -0.25) is 9.59 Å². The number of anilines is 1. The van der Waals surface area contributed by atoms with Gasteiger partial charge < -0.3 is 10.2 Å². The molecule has 0 spiro atoms. The maximum atomic E-state index is 12.1. The van der Waals surface area contributed by atoms with Gasteiger partial charge in [-0.1, -0.05) is 6.07 Å². The summed E-state index contributed by atoms with van der Waals surface area (Å²) in [5.41, 5.74) is 0.699. The zero-order valence-corrected chi connectivity index (χ0v) is 12.8. The molecule has 1 atom stereocenters. The van der Waals surface area contributed by atoms with Crippen LogP contribution in [0.3, 0.4) is 0 Å². The molecule has 1 N–H and O–H groups in total. The Morgan fingerprint density at radius 3 is 2.73 bits per heavy atom. The number of nitrogens with one attached hydrogen (secondary N) is 1. The molecular formula is C14H15N3O4S. The Balaban J connectivity index is 2.03. The minimum absolute atomic E-state index is 0.0289. The molecule has 2 rings (SSSR count). The van der Waals surface area contributed by atoms with Crippen molar-refractivity contribution in [3.05, 3.63) is 29.8 Å². The number of hydrogen-bond acceptors (Lipinski definition) is 5. The van der Waals surface area contributed by atoms with Crippen molar-refractivity contribution in [2.45, 2.75) is 12.5 Å². The first kappa shape index (κ1) is 16.0. The van der Waals surface area contributed by atoms with Gasteiger partial charge in [0, 0.05) is 18.8 Å². The summed E-state index contributed by atoms with van der Waals surface area (Å²) in [6.07, 6.45) is 0.335. The van der Waals surface area contributed by atoms with E-state index in [0.29, 0.717) is 17.7 Å². The molecule has 1 aliphatic rings. The van der Waals surface area contributed by atoms with Crippen molar-refractivity contribution >= 4 is 27.3 Å². The first-order chi connectivity index (χ1) is 10.3. The summed E-state index contributed by atoms with van der Waals surface area (Å²) in [5, 5.41) is 11.2. The fraction of sp³-hybridized carbons (Fsp3) is 0.357. The summed E-state index contributed by atoms with van der Waals surface area (Å²) in [6.45, 7) is 0. The van der Waals surface area contributed by atoms with Crippen LogP contribution in [0.5, 0.6) is 0 Å². The second kappa shape index (κ2) is 6.15. The lowest BCUT2D eigenvalue weighted by Crippen LogP contribution is -2.43. The number of benzene rings is 1. The number of carbonyl (C=O) groups excluding carboxylic acids is 2. The Morgan fingerprint density at radius 1 is 1.41 bits per heavy atom. The van der Waals surface area contributed by atoms with Gasteiger partial charge in [-0.25, -0.2) is 8.42 Å². The molecule has 1 aromatic rings. The van der Waals surface area contributed by atoms with Crippen LogP contribution in [0.4, 0.5) is 5.69 Å². The van der Waals surface area contributed by atoms with E-state index >= 15 is 0 Å². The number of nitriles is 1. The molecule has 1 aliphatic heterocycles. The molecule has 22 heavy (non-hydrogen) atoms. The van der Waals surface area contributed by atoms with E-state index in [1.165, 1.54) is 13.1 Å². The smallest absolute Gasteiger partial charge is 0.313 e. The Hall–Kier alpha value is -2.40. The molecular weight excluding hydrogens is 306 g/mol. The Morgan fingerprint density at radius 2 is 2.14 bits per heavy atom. The zero-order valence-electron chi connectivity index (χ0n) is 11.9. The van der Waals surface area contributed by atoms with Crippen LogP contribution in [0.2, 0.25) is 0 Å². The van der Waals surface area contributed by atoms with E-state index < -0.39 is 27.7 Å². The van der Waals surface area contributed by atoms with Crippen molar-refractivity contribution in [2.24, 2.45) is 0 Å². The zero-order chi connectivity index (χ0) is 16.3. The van der Waals surface area contributed by atoms with Crippen molar-refractivity contribution in [3.63, 3.8) is 0 Å². The van der Waals surface area contributed by atoms with Crippen molar-refractivity contribution in [2.75, 3.05) is 23.9 Å². The maximum absolute atomic E-state index is 12.1. The highest BCUT2D eigenvalue weighted by Gasteiger charge is 2.34. The minimum Gasteiger partial charge on any atom is -0.333 e. The molecule has 1 aromatic carbocycles. The largest absolute Gasteiger partial charge is 0.333 e. The highest BCUT2D eigenvalue weighted by atomic mass is 32.2. The average molecular weight is 321 g/mol. The van der Waals surface area contributed by atoms with Crippen LogP contribution in [0.25, 0.3) is 0 Å². The predicted molar refractivity (Wildman–Crippen MR) is 79.6 cm³/mol. The molecule has 2 amide bonds. The Labute approximate surface area is 128 Å². The second-order valence-electron chi connectivity index (χ2n) is 5.12. The number of nitrogens with zero attached hydrogens (tertiary/aromatic N) is 2. The predicted octanol–water partition coefficient (Wildman–Crippen LogP) is 0.142. The molecule has 1 fully saturated rings. The fourth-order valence-electron chi connectivity index (χ4n) is 2.26. The van der Waals surface area contributed by atoms with Crippen LogP contribution >= 0.6 is 0 Å². The molecule has 8 heteroatoms. The SMILES string of the molecule is CN(C(=O)C(=O)Nc1cccc(C#N)c1)C1CCS(=O)(=O)C1. The molecule has 0 saturated carbocycles. The number of rotatable bonds is 2. The number of carbonyl (C=O) groups is 2. The van der Waals surface area contributed by atoms with Gasteiger partial charge in [0.15, 0.2) is 9.84 Å². The van der Waals surface area contributed by atoms with Crippen LogP contribution < -0.4 is 5.32 Å². The minimum atomic E-state index is -3.13.